The van der Waals surface area contributed by atoms with Crippen molar-refractivity contribution in [2.75, 3.05) is 0 Å². The van der Waals surface area contributed by atoms with E-state index in [0.717, 1.165) is 39.2 Å². The van der Waals surface area contributed by atoms with Gasteiger partial charge in [0.1, 0.15) is 18.1 Å². The molecule has 2 heterocycles. The van der Waals surface area contributed by atoms with Crippen LogP contribution in [0.1, 0.15) is 30.8 Å². The summed E-state index contributed by atoms with van der Waals surface area (Å²) in [6.07, 6.45) is 0.885. The molecule has 124 valence electrons. The second kappa shape index (κ2) is 7.01. The van der Waals surface area contributed by atoms with Crippen LogP contribution < -0.4 is 9.47 Å². The summed E-state index contributed by atoms with van der Waals surface area (Å²) in [5.41, 5.74) is 3.20. The summed E-state index contributed by atoms with van der Waals surface area (Å²) >= 11 is 1.53. The van der Waals surface area contributed by atoms with Gasteiger partial charge in [0.2, 0.25) is 0 Å². The zero-order valence-corrected chi connectivity index (χ0v) is 14.8. The van der Waals surface area contributed by atoms with Crippen LogP contribution in [0.5, 0.6) is 11.5 Å². The number of thiophene rings is 1. The molecule has 1 aromatic carbocycles. The Bertz CT molecular complexity index is 885. The monoisotopic (exact) mass is 341 g/mol. The van der Waals surface area contributed by atoms with E-state index >= 15 is 0 Å². The first-order valence-electron chi connectivity index (χ1n) is 7.84. The largest absolute Gasteiger partial charge is 0.489 e. The number of fused-ring (bicyclic) bond motifs is 1. The van der Waals surface area contributed by atoms with Gasteiger partial charge in [-0.1, -0.05) is 13.0 Å². The zero-order valence-electron chi connectivity index (χ0n) is 14.0. The standard InChI is InChI=1S/C19H19NO3S/c1-4-17-14(6-5-12(2)20-17)10-22-15-7-8-16-18(23-13(3)21)11-24-19(16)9-15/h5-9,11H,4,10H2,1-3H3. The van der Waals surface area contributed by atoms with Gasteiger partial charge in [-0.2, -0.15) is 0 Å². The second-order valence-corrected chi connectivity index (χ2v) is 6.46. The lowest BCUT2D eigenvalue weighted by Gasteiger charge is -2.10. The lowest BCUT2D eigenvalue weighted by molar-refractivity contribution is -0.131. The molecule has 0 aliphatic carbocycles. The first kappa shape index (κ1) is 16.5. The molecule has 0 aliphatic rings. The Balaban J connectivity index is 1.77. The van der Waals surface area contributed by atoms with Crippen LogP contribution in [0.25, 0.3) is 10.1 Å². The minimum atomic E-state index is -0.311. The van der Waals surface area contributed by atoms with E-state index in [0.29, 0.717) is 12.4 Å². The van der Waals surface area contributed by atoms with Crippen LogP contribution in [0.4, 0.5) is 0 Å². The van der Waals surface area contributed by atoms with E-state index in [2.05, 4.69) is 18.0 Å². The topological polar surface area (TPSA) is 48.4 Å². The van der Waals surface area contributed by atoms with Gasteiger partial charge >= 0.3 is 5.97 Å². The van der Waals surface area contributed by atoms with Gasteiger partial charge in [-0.15, -0.1) is 11.3 Å². The van der Waals surface area contributed by atoms with Gasteiger partial charge in [0, 0.05) is 39.3 Å². The molecule has 3 rings (SSSR count). The normalized spacial score (nSPS) is 10.8. The summed E-state index contributed by atoms with van der Waals surface area (Å²) in [4.78, 5) is 15.7. The van der Waals surface area contributed by atoms with Crippen LogP contribution in [0, 0.1) is 6.92 Å². The Morgan fingerprint density at radius 1 is 1.25 bits per heavy atom. The number of esters is 1. The average Bonchev–Trinajstić information content (AvgIpc) is 2.95. The Labute approximate surface area is 145 Å². The van der Waals surface area contributed by atoms with E-state index in [-0.39, 0.29) is 5.97 Å². The Morgan fingerprint density at radius 3 is 2.83 bits per heavy atom. The van der Waals surface area contributed by atoms with Crippen molar-refractivity contribution in [1.29, 1.82) is 0 Å². The Kier molecular flexibility index (Phi) is 4.81. The fourth-order valence-electron chi connectivity index (χ4n) is 2.55. The van der Waals surface area contributed by atoms with Crippen LogP contribution in [-0.4, -0.2) is 11.0 Å². The van der Waals surface area contributed by atoms with Crippen molar-refractivity contribution < 1.29 is 14.3 Å². The zero-order chi connectivity index (χ0) is 17.1. The molecule has 0 aliphatic heterocycles. The molecule has 4 nitrogen and oxygen atoms in total. The van der Waals surface area contributed by atoms with Gasteiger partial charge in [0.15, 0.2) is 0 Å². The molecule has 0 amide bonds. The molecule has 24 heavy (non-hydrogen) atoms. The first-order chi connectivity index (χ1) is 11.6. The highest BCUT2D eigenvalue weighted by molar-refractivity contribution is 7.17. The fourth-order valence-corrected chi connectivity index (χ4v) is 3.43. The number of nitrogens with zero attached hydrogens (tertiary/aromatic N) is 1. The Morgan fingerprint density at radius 2 is 2.08 bits per heavy atom. The lowest BCUT2D eigenvalue weighted by Crippen LogP contribution is -2.03. The molecule has 2 aromatic heterocycles. The maximum absolute atomic E-state index is 11.1. The SMILES string of the molecule is CCc1nc(C)ccc1COc1ccc2c(OC(C)=O)csc2c1. The van der Waals surface area contributed by atoms with Crippen LogP contribution in [-0.2, 0) is 17.8 Å². The third-order valence-corrected chi connectivity index (χ3v) is 4.63. The highest BCUT2D eigenvalue weighted by Crippen LogP contribution is 2.35. The number of benzene rings is 1. The predicted octanol–water partition coefficient (Wildman–Crippen LogP) is 4.67. The second-order valence-electron chi connectivity index (χ2n) is 5.55. The number of carbonyl (C=O) groups excluding carboxylic acids is 1. The third kappa shape index (κ3) is 3.57. The number of ether oxygens (including phenoxy) is 2. The summed E-state index contributed by atoms with van der Waals surface area (Å²) in [6, 6.07) is 9.87. The van der Waals surface area contributed by atoms with E-state index in [1.165, 1.54) is 18.3 Å². The maximum Gasteiger partial charge on any atom is 0.308 e. The quantitative estimate of drug-likeness (QED) is 0.633. The number of aromatic nitrogens is 1. The molecule has 5 heteroatoms. The van der Waals surface area contributed by atoms with Gasteiger partial charge in [-0.3, -0.25) is 9.78 Å². The molecular weight excluding hydrogens is 322 g/mol. The van der Waals surface area contributed by atoms with Gasteiger partial charge in [-0.25, -0.2) is 0 Å². The highest BCUT2D eigenvalue weighted by atomic mass is 32.1. The van der Waals surface area contributed by atoms with Crippen molar-refractivity contribution in [2.45, 2.75) is 33.8 Å². The minimum Gasteiger partial charge on any atom is -0.489 e. The molecule has 0 radical (unpaired) electrons. The van der Waals surface area contributed by atoms with Crippen molar-refractivity contribution in [3.63, 3.8) is 0 Å². The predicted molar refractivity (Wildman–Crippen MR) is 95.8 cm³/mol. The molecule has 3 aromatic rings. The smallest absolute Gasteiger partial charge is 0.308 e. The molecule has 0 unspecified atom stereocenters. The van der Waals surface area contributed by atoms with Crippen LogP contribution >= 0.6 is 11.3 Å². The molecule has 0 atom stereocenters. The first-order valence-corrected chi connectivity index (χ1v) is 8.72. The summed E-state index contributed by atoms with van der Waals surface area (Å²) in [5.74, 6) is 1.08. The molecular formula is C19H19NO3S. The maximum atomic E-state index is 11.1. The van der Waals surface area contributed by atoms with Gasteiger partial charge < -0.3 is 9.47 Å². The van der Waals surface area contributed by atoms with Crippen molar-refractivity contribution in [3.05, 3.63) is 52.7 Å². The van der Waals surface area contributed by atoms with Crippen LogP contribution in [0.2, 0.25) is 0 Å². The van der Waals surface area contributed by atoms with Gasteiger partial charge in [-0.05, 0) is 37.6 Å². The molecule has 0 saturated heterocycles. The number of hydrogen-bond acceptors (Lipinski definition) is 5. The van der Waals surface area contributed by atoms with Crippen LogP contribution in [0.3, 0.4) is 0 Å². The Hall–Kier alpha value is -2.40. The van der Waals surface area contributed by atoms with Gasteiger partial charge in [0.25, 0.3) is 0 Å². The summed E-state index contributed by atoms with van der Waals surface area (Å²) < 4.78 is 12.2. The summed E-state index contributed by atoms with van der Waals surface area (Å²) in [6.45, 7) is 5.99. The minimum absolute atomic E-state index is 0.311. The average molecular weight is 341 g/mol. The summed E-state index contributed by atoms with van der Waals surface area (Å²) in [5, 5.41) is 2.77. The number of pyridine rings is 1. The molecule has 0 bridgehead atoms. The molecule has 0 fully saturated rings. The van der Waals surface area contributed by atoms with E-state index in [9.17, 15) is 4.79 Å². The van der Waals surface area contributed by atoms with Crippen molar-refractivity contribution in [2.24, 2.45) is 0 Å². The van der Waals surface area contributed by atoms with Crippen LogP contribution in [0.15, 0.2) is 35.7 Å². The van der Waals surface area contributed by atoms with E-state index < -0.39 is 0 Å². The van der Waals surface area contributed by atoms with E-state index in [1.54, 1.807) is 0 Å². The highest BCUT2D eigenvalue weighted by Gasteiger charge is 2.09. The number of hydrogen-bond donors (Lipinski definition) is 0. The van der Waals surface area contributed by atoms with Crippen molar-refractivity contribution >= 4 is 27.4 Å². The summed E-state index contributed by atoms with van der Waals surface area (Å²) in [7, 11) is 0. The lowest BCUT2D eigenvalue weighted by atomic mass is 10.1. The van der Waals surface area contributed by atoms with Crippen molar-refractivity contribution in [1.82, 2.24) is 4.98 Å². The van der Waals surface area contributed by atoms with E-state index in [1.807, 2.05) is 36.6 Å². The number of aryl methyl sites for hydroxylation is 2. The third-order valence-electron chi connectivity index (χ3n) is 3.70. The number of rotatable bonds is 5. The number of carbonyl (C=O) groups is 1. The molecule has 0 N–H and O–H groups in total. The van der Waals surface area contributed by atoms with E-state index in [4.69, 9.17) is 9.47 Å². The van der Waals surface area contributed by atoms with Gasteiger partial charge in [0.05, 0.1) is 0 Å². The molecule has 0 spiro atoms. The fraction of sp³-hybridized carbons (Fsp3) is 0.263. The molecule has 0 saturated carbocycles. The van der Waals surface area contributed by atoms with Crippen molar-refractivity contribution in [3.8, 4) is 11.5 Å².